The Morgan fingerprint density at radius 2 is 1.63 bits per heavy atom. The van der Waals surface area contributed by atoms with Gasteiger partial charge in [0.2, 0.25) is 15.9 Å². The van der Waals surface area contributed by atoms with E-state index in [1.165, 1.54) is 38.1 Å². The van der Waals surface area contributed by atoms with Gasteiger partial charge < -0.3 is 5.32 Å². The van der Waals surface area contributed by atoms with Crippen molar-refractivity contribution in [2.75, 3.05) is 11.0 Å². The van der Waals surface area contributed by atoms with E-state index >= 15 is 8.78 Å². The third-order valence-corrected chi connectivity index (χ3v) is 15.1. The Morgan fingerprint density at radius 1 is 0.969 bits per heavy atom. The molecular weight excluding hydrogens is 941 g/mol. The number of nitrogens with zero attached hydrogens (tertiary/aromatic N) is 5. The molecule has 0 bridgehead atoms. The zero-order valence-corrected chi connectivity index (χ0v) is 36.4. The van der Waals surface area contributed by atoms with E-state index in [1.54, 1.807) is 0 Å². The molecule has 346 valence electrons. The minimum atomic E-state index is -4.96. The average molecular weight is 976 g/mol. The second-order valence-corrected chi connectivity index (χ2v) is 21.7. The quantitative estimate of drug-likeness (QED) is 0.0885. The summed E-state index contributed by atoms with van der Waals surface area (Å²) in [7, 11) is -7.97. The second-order valence-electron chi connectivity index (χ2n) is 16.7. The number of carbonyl (C=O) groups is 1. The highest BCUT2D eigenvalue weighted by Crippen LogP contribution is 2.68. The first-order chi connectivity index (χ1) is 30.1. The highest BCUT2D eigenvalue weighted by atomic mass is 35.5. The molecule has 24 heteroatoms. The number of halogens is 10. The number of fused-ring (bicyclic) bond motifs is 4. The second kappa shape index (κ2) is 15.9. The summed E-state index contributed by atoms with van der Waals surface area (Å²) in [5, 5.41) is 8.93. The molecule has 12 nitrogen and oxygen atoms in total. The van der Waals surface area contributed by atoms with Crippen molar-refractivity contribution < 1.29 is 61.1 Å². The Bertz CT molecular complexity index is 3070. The van der Waals surface area contributed by atoms with Crippen molar-refractivity contribution in [2.24, 2.45) is 5.92 Å². The topological polar surface area (TPSA) is 158 Å². The Hall–Kier alpha value is -5.34. The first-order valence-electron chi connectivity index (χ1n) is 19.7. The van der Waals surface area contributed by atoms with Crippen LogP contribution in [0.15, 0.2) is 42.5 Å². The predicted octanol–water partition coefficient (Wildman–Crippen LogP) is 8.11. The van der Waals surface area contributed by atoms with Gasteiger partial charge in [0.15, 0.2) is 15.7 Å². The van der Waals surface area contributed by atoms with Crippen LogP contribution >= 0.6 is 11.6 Å². The van der Waals surface area contributed by atoms with Crippen LogP contribution in [0.4, 0.5) is 45.3 Å². The number of carbonyl (C=O) groups excluding carboxylic acids is 1. The fourth-order valence-corrected chi connectivity index (χ4v) is 10.8. The molecule has 5 aromatic rings. The van der Waals surface area contributed by atoms with Gasteiger partial charge in [-0.05, 0) is 87.3 Å². The summed E-state index contributed by atoms with van der Waals surface area (Å²) in [4.78, 5) is 18.7. The zero-order valence-electron chi connectivity index (χ0n) is 34.0. The number of aromatic nitrogens is 5. The van der Waals surface area contributed by atoms with Crippen LogP contribution in [-0.4, -0.2) is 69.7 Å². The van der Waals surface area contributed by atoms with Crippen molar-refractivity contribution in [1.82, 2.24) is 29.9 Å². The van der Waals surface area contributed by atoms with E-state index in [9.17, 15) is 52.4 Å². The van der Waals surface area contributed by atoms with Crippen LogP contribution in [0.3, 0.4) is 0 Å². The Kier molecular flexibility index (Phi) is 11.3. The molecule has 0 spiro atoms. The molecule has 65 heavy (non-hydrogen) atoms. The maximum Gasteiger partial charge on any atom is 0.408 e. The van der Waals surface area contributed by atoms with Gasteiger partial charge in [-0.3, -0.25) is 18.9 Å². The standard InChI is InChI=1S/C41H35ClF9N7O5S2/c1-39(2,65(62,63)23-5-6-23)11-10-22-4-7-24(25-8-9-28(42)32-35(25)58(18-40(47,48)49)55-38(32)56-64(3,60)61)33(52-22)29(14-19-12-20(43)15-21(44)13-19)53-30(59)17-57-36-31(34(54-57)37(45)46)26-16-27(26)41(36,50)51/h4,7-9,12-13,15,23,26-27,29,37H,5-6,14,16-18H2,1-3H3,(H,53,59)(H,55,56)/t26?,27-,29+/m1/s1. The number of pyridine rings is 1. The van der Waals surface area contributed by atoms with Crippen LogP contribution in [0.5, 0.6) is 0 Å². The van der Waals surface area contributed by atoms with Gasteiger partial charge in [0.1, 0.15) is 46.6 Å². The van der Waals surface area contributed by atoms with Crippen molar-refractivity contribution in [3.8, 4) is 23.0 Å². The number of nitrogens with one attached hydrogen (secondary N) is 2. The van der Waals surface area contributed by atoms with Crippen LogP contribution in [-0.2, 0) is 50.1 Å². The van der Waals surface area contributed by atoms with Gasteiger partial charge in [-0.2, -0.15) is 32.1 Å². The Balaban J connectivity index is 1.32. The van der Waals surface area contributed by atoms with E-state index in [4.69, 9.17) is 11.6 Å². The average Bonchev–Trinajstić information content (AvgIpc) is 4.10. The highest BCUT2D eigenvalue weighted by Gasteiger charge is 2.67. The molecule has 0 saturated heterocycles. The number of alkyl halides is 7. The normalized spacial score (nSPS) is 18.6. The van der Waals surface area contributed by atoms with Gasteiger partial charge in [0, 0.05) is 28.7 Å². The first kappa shape index (κ1) is 46.2. The van der Waals surface area contributed by atoms with E-state index in [1.807, 2.05) is 0 Å². The molecule has 1 amide bonds. The molecule has 2 N–H and O–H groups in total. The lowest BCUT2D eigenvalue weighted by atomic mass is 9.93. The fourth-order valence-electron chi connectivity index (χ4n) is 8.28. The van der Waals surface area contributed by atoms with Gasteiger partial charge >= 0.3 is 6.18 Å². The number of sulfone groups is 1. The van der Waals surface area contributed by atoms with Crippen LogP contribution in [0.2, 0.25) is 5.02 Å². The summed E-state index contributed by atoms with van der Waals surface area (Å²) in [6, 6.07) is 5.68. The van der Waals surface area contributed by atoms with Crippen LogP contribution in [0.1, 0.15) is 85.4 Å². The smallest absolute Gasteiger partial charge is 0.346 e. The zero-order chi connectivity index (χ0) is 47.3. The largest absolute Gasteiger partial charge is 0.408 e. The van der Waals surface area contributed by atoms with E-state index < -0.39 is 126 Å². The van der Waals surface area contributed by atoms with Crippen LogP contribution < -0.4 is 10.0 Å². The molecule has 0 aliphatic heterocycles. The number of rotatable bonds is 13. The molecule has 2 saturated carbocycles. The van der Waals surface area contributed by atoms with Crippen molar-refractivity contribution in [3.05, 3.63) is 93.0 Å². The summed E-state index contributed by atoms with van der Waals surface area (Å²) >= 11 is 6.50. The fraction of sp³-hybridized carbons (Fsp3) is 0.415. The summed E-state index contributed by atoms with van der Waals surface area (Å²) in [6.07, 6.45) is -7.28. The predicted molar refractivity (Wildman–Crippen MR) is 218 cm³/mol. The molecule has 2 fully saturated rings. The molecule has 3 atom stereocenters. The minimum absolute atomic E-state index is 0.0626. The lowest BCUT2D eigenvalue weighted by Crippen LogP contribution is -2.35. The van der Waals surface area contributed by atoms with Gasteiger partial charge in [-0.15, -0.1) is 0 Å². The number of hydrogen-bond donors (Lipinski definition) is 2. The minimum Gasteiger partial charge on any atom is -0.346 e. The van der Waals surface area contributed by atoms with Crippen LogP contribution in [0, 0.1) is 29.4 Å². The molecule has 3 aliphatic carbocycles. The molecule has 2 aromatic carbocycles. The lowest BCUT2D eigenvalue weighted by Gasteiger charge is -2.23. The van der Waals surface area contributed by atoms with Crippen LogP contribution in [0.25, 0.3) is 22.0 Å². The number of amides is 1. The first-order valence-corrected chi connectivity index (χ1v) is 23.5. The monoisotopic (exact) mass is 975 g/mol. The van der Waals surface area contributed by atoms with Crippen molar-refractivity contribution in [1.29, 1.82) is 0 Å². The highest BCUT2D eigenvalue weighted by molar-refractivity contribution is 7.93. The Morgan fingerprint density at radius 3 is 2.25 bits per heavy atom. The summed E-state index contributed by atoms with van der Waals surface area (Å²) in [6.45, 7) is -0.123. The third-order valence-electron chi connectivity index (χ3n) is 11.3. The van der Waals surface area contributed by atoms with Crippen molar-refractivity contribution in [2.45, 2.75) is 93.1 Å². The van der Waals surface area contributed by atoms with E-state index in [0.29, 0.717) is 28.3 Å². The van der Waals surface area contributed by atoms with Gasteiger partial charge in [0.05, 0.1) is 39.2 Å². The van der Waals surface area contributed by atoms with Gasteiger partial charge in [0.25, 0.3) is 12.3 Å². The maximum atomic E-state index is 15.5. The molecule has 3 heterocycles. The maximum absolute atomic E-state index is 15.5. The lowest BCUT2D eigenvalue weighted by molar-refractivity contribution is -0.141. The SMILES string of the molecule is CC(C)(C#Cc1ccc(-c2ccc(Cl)c3c(NS(C)(=O)=O)nn(CC(F)(F)F)c23)c([C@H](Cc2cc(F)cc(F)c2)NC(=O)Cn2nc(C(F)F)c3c2C(F)(F)[C@@H]2CC32)n1)S(=O)(=O)C1CC1. The van der Waals surface area contributed by atoms with Crippen molar-refractivity contribution in [3.63, 3.8) is 0 Å². The van der Waals surface area contributed by atoms with Gasteiger partial charge in [-0.1, -0.05) is 23.6 Å². The number of sulfonamides is 1. The van der Waals surface area contributed by atoms with E-state index in [0.717, 1.165) is 18.4 Å². The molecule has 8 rings (SSSR count). The third kappa shape index (κ3) is 9.00. The van der Waals surface area contributed by atoms with E-state index in [-0.39, 0.29) is 50.5 Å². The number of benzene rings is 2. The molecule has 3 aliphatic rings. The Labute approximate surface area is 369 Å². The number of anilines is 1. The summed E-state index contributed by atoms with van der Waals surface area (Å²) in [5.74, 6) is -4.28. The molecule has 1 unspecified atom stereocenters. The van der Waals surface area contributed by atoms with Gasteiger partial charge in [-0.25, -0.2) is 39.4 Å². The van der Waals surface area contributed by atoms with Crippen molar-refractivity contribution >= 4 is 54.1 Å². The molecular formula is C41H35ClF9N7O5S2. The summed E-state index contributed by atoms with van der Waals surface area (Å²) in [5.41, 5.74) is -3.47. The summed E-state index contributed by atoms with van der Waals surface area (Å²) < 4.78 is 184. The molecule has 0 radical (unpaired) electrons. The number of hydrogen-bond acceptors (Lipinski definition) is 8. The van der Waals surface area contributed by atoms with E-state index in [2.05, 4.69) is 37.1 Å². The molecule has 3 aromatic heterocycles.